The Morgan fingerprint density at radius 2 is 1.00 bits per heavy atom. The zero-order valence-electron chi connectivity index (χ0n) is 16.6. The summed E-state index contributed by atoms with van der Waals surface area (Å²) in [6.07, 6.45) is 5.98. The minimum Gasteiger partial charge on any atom is -0.261 e. The Kier molecular flexibility index (Phi) is 15.5. The third-order valence-electron chi connectivity index (χ3n) is 2.45. The highest BCUT2D eigenvalue weighted by Crippen LogP contribution is 2.04. The van der Waals surface area contributed by atoms with Crippen LogP contribution >= 0.6 is 0 Å². The molecule has 2 aromatic rings. The molecule has 0 unspecified atom stereocenters. The highest BCUT2D eigenvalue weighted by molar-refractivity contribution is 5.22. The summed E-state index contributed by atoms with van der Waals surface area (Å²) in [5.74, 6) is 0. The molecule has 0 aliphatic heterocycles. The summed E-state index contributed by atoms with van der Waals surface area (Å²) in [4.78, 5) is 12.0. The van der Waals surface area contributed by atoms with Crippen LogP contribution in [0.3, 0.4) is 0 Å². The smallest absolute Gasteiger partial charge is 0.115 e. The molecule has 0 fully saturated rings. The van der Waals surface area contributed by atoms with Gasteiger partial charge in [0.1, 0.15) is 6.33 Å². The lowest BCUT2D eigenvalue weighted by Gasteiger charge is -1.97. The molecule has 0 saturated carbocycles. The maximum Gasteiger partial charge on any atom is 0.115 e. The molecule has 0 aliphatic carbocycles. The van der Waals surface area contributed by atoms with E-state index in [9.17, 15) is 0 Å². The van der Waals surface area contributed by atoms with Crippen molar-refractivity contribution in [1.82, 2.24) is 15.0 Å². The van der Waals surface area contributed by atoms with Crippen molar-refractivity contribution in [1.29, 1.82) is 0 Å². The van der Waals surface area contributed by atoms with E-state index in [1.54, 1.807) is 6.33 Å². The summed E-state index contributed by atoms with van der Waals surface area (Å²) in [5, 5.41) is 0. The average Bonchev–Trinajstić information content (AvgIpc) is 2.45. The Morgan fingerprint density at radius 1 is 0.609 bits per heavy atom. The molecule has 23 heavy (non-hydrogen) atoms. The molecule has 0 atom stereocenters. The van der Waals surface area contributed by atoms with Crippen molar-refractivity contribution in [3.8, 4) is 0 Å². The molecule has 2 aromatic heterocycles. The van der Waals surface area contributed by atoms with Gasteiger partial charge in [0.05, 0.1) is 0 Å². The zero-order chi connectivity index (χ0) is 18.3. The molecule has 0 radical (unpaired) electrons. The van der Waals surface area contributed by atoms with Crippen molar-refractivity contribution in [3.63, 3.8) is 0 Å². The molecular formula is C20H35N3. The maximum absolute atomic E-state index is 4.14. The van der Waals surface area contributed by atoms with Crippen molar-refractivity contribution < 1.29 is 0 Å². The molecular weight excluding hydrogens is 282 g/mol. The summed E-state index contributed by atoms with van der Waals surface area (Å²) in [6, 6.07) is 4.04. The van der Waals surface area contributed by atoms with Crippen LogP contribution in [0, 0.1) is 34.6 Å². The molecule has 0 aliphatic rings. The molecule has 2 heterocycles. The Hall–Kier alpha value is -1.77. The lowest BCUT2D eigenvalue weighted by Crippen LogP contribution is -1.85. The average molecular weight is 318 g/mol. The van der Waals surface area contributed by atoms with E-state index in [0.29, 0.717) is 0 Å². The number of aryl methyl sites for hydroxylation is 5. The number of pyridine rings is 1. The molecule has 0 aromatic carbocycles. The monoisotopic (exact) mass is 317 g/mol. The van der Waals surface area contributed by atoms with E-state index < -0.39 is 0 Å². The van der Waals surface area contributed by atoms with Gasteiger partial charge in [-0.15, -0.1) is 0 Å². The van der Waals surface area contributed by atoms with Crippen LogP contribution in [0.1, 0.15) is 68.7 Å². The van der Waals surface area contributed by atoms with E-state index in [1.165, 1.54) is 24.0 Å². The van der Waals surface area contributed by atoms with Gasteiger partial charge in [0, 0.05) is 23.3 Å². The van der Waals surface area contributed by atoms with Crippen molar-refractivity contribution in [3.05, 3.63) is 52.9 Å². The van der Waals surface area contributed by atoms with E-state index in [4.69, 9.17) is 0 Å². The summed E-state index contributed by atoms with van der Waals surface area (Å²) in [7, 11) is 0. The number of aromatic nitrogens is 3. The standard InChI is InChI=1S/C8H11N.C6H8N2.2C3H8/c1-6-4-8(3)9-5-7(6)2;1-5-3-6(2)8-4-7-5;2*1-3-2/h4-5H,1-3H3;3-4H,1-2H3;2*3H2,1-2H3. The molecule has 0 saturated heterocycles. The highest BCUT2D eigenvalue weighted by atomic mass is 14.8. The van der Waals surface area contributed by atoms with Crippen LogP contribution in [0.15, 0.2) is 24.7 Å². The predicted molar refractivity (Wildman–Crippen MR) is 102 cm³/mol. The van der Waals surface area contributed by atoms with Crippen molar-refractivity contribution in [2.75, 3.05) is 0 Å². The first kappa shape index (κ1) is 23.5. The van der Waals surface area contributed by atoms with Gasteiger partial charge in [-0.25, -0.2) is 9.97 Å². The third-order valence-corrected chi connectivity index (χ3v) is 2.45. The summed E-state index contributed by atoms with van der Waals surface area (Å²) >= 11 is 0. The SMILES string of the molecule is CCC.CCC.Cc1cc(C)c(C)cn1.Cc1cc(C)ncn1. The molecule has 2 rings (SSSR count). The van der Waals surface area contributed by atoms with Crippen LogP contribution in [0.5, 0.6) is 0 Å². The quantitative estimate of drug-likeness (QED) is 0.604. The fourth-order valence-electron chi connectivity index (χ4n) is 1.35. The van der Waals surface area contributed by atoms with E-state index >= 15 is 0 Å². The zero-order valence-corrected chi connectivity index (χ0v) is 16.6. The second-order valence-corrected chi connectivity index (χ2v) is 5.62. The molecule has 0 N–H and O–H groups in total. The Labute approximate surface area is 143 Å². The molecule has 0 spiro atoms. The molecule has 130 valence electrons. The van der Waals surface area contributed by atoms with Crippen LogP contribution in [0.4, 0.5) is 0 Å². The van der Waals surface area contributed by atoms with Gasteiger partial charge in [-0.2, -0.15) is 0 Å². The minimum atomic E-state index is 1.03. The summed E-state index contributed by atoms with van der Waals surface area (Å²) < 4.78 is 0. The largest absolute Gasteiger partial charge is 0.261 e. The fourth-order valence-corrected chi connectivity index (χ4v) is 1.35. The van der Waals surface area contributed by atoms with Gasteiger partial charge in [0.2, 0.25) is 0 Å². The van der Waals surface area contributed by atoms with Gasteiger partial charge in [-0.1, -0.05) is 40.5 Å². The first-order valence-electron chi connectivity index (χ1n) is 8.47. The van der Waals surface area contributed by atoms with Crippen LogP contribution < -0.4 is 0 Å². The molecule has 3 heteroatoms. The molecule has 3 nitrogen and oxygen atoms in total. The lowest BCUT2D eigenvalue weighted by molar-refractivity contribution is 1.05. The maximum atomic E-state index is 4.14. The van der Waals surface area contributed by atoms with Gasteiger partial charge >= 0.3 is 0 Å². The third kappa shape index (κ3) is 14.9. The minimum absolute atomic E-state index is 1.03. The van der Waals surface area contributed by atoms with Crippen molar-refractivity contribution >= 4 is 0 Å². The first-order chi connectivity index (χ1) is 10.8. The van der Waals surface area contributed by atoms with E-state index in [1.807, 2.05) is 33.0 Å². The molecule has 0 amide bonds. The van der Waals surface area contributed by atoms with Gasteiger partial charge in [-0.3, -0.25) is 4.98 Å². The van der Waals surface area contributed by atoms with E-state index in [0.717, 1.165) is 17.1 Å². The van der Waals surface area contributed by atoms with Crippen molar-refractivity contribution in [2.45, 2.75) is 75.2 Å². The lowest BCUT2D eigenvalue weighted by atomic mass is 10.2. The Bertz CT molecular complexity index is 503. The van der Waals surface area contributed by atoms with Gasteiger partial charge in [-0.05, 0) is 57.9 Å². The molecule has 0 bridgehead atoms. The fraction of sp³-hybridized carbons (Fsp3) is 0.550. The number of rotatable bonds is 0. The number of nitrogens with zero attached hydrogens (tertiary/aromatic N) is 3. The van der Waals surface area contributed by atoms with Crippen LogP contribution in [-0.2, 0) is 0 Å². The van der Waals surface area contributed by atoms with E-state index in [-0.39, 0.29) is 0 Å². The predicted octanol–water partition coefficient (Wildman–Crippen LogP) is 5.93. The van der Waals surface area contributed by atoms with Crippen LogP contribution in [0.2, 0.25) is 0 Å². The van der Waals surface area contributed by atoms with Gasteiger partial charge < -0.3 is 0 Å². The van der Waals surface area contributed by atoms with Gasteiger partial charge in [0.15, 0.2) is 0 Å². The highest BCUT2D eigenvalue weighted by Gasteiger charge is 1.90. The second kappa shape index (κ2) is 15.1. The Balaban J connectivity index is 0. The normalized spacial score (nSPS) is 8.57. The number of hydrogen-bond acceptors (Lipinski definition) is 3. The second-order valence-electron chi connectivity index (χ2n) is 5.62. The van der Waals surface area contributed by atoms with Crippen molar-refractivity contribution in [2.24, 2.45) is 0 Å². The van der Waals surface area contributed by atoms with Gasteiger partial charge in [0.25, 0.3) is 0 Å². The van der Waals surface area contributed by atoms with E-state index in [2.05, 4.69) is 62.6 Å². The van der Waals surface area contributed by atoms with Crippen LogP contribution in [0.25, 0.3) is 0 Å². The Morgan fingerprint density at radius 3 is 1.26 bits per heavy atom. The first-order valence-corrected chi connectivity index (χ1v) is 8.47. The topological polar surface area (TPSA) is 38.7 Å². The van der Waals surface area contributed by atoms with Crippen LogP contribution in [-0.4, -0.2) is 15.0 Å². The number of hydrogen-bond donors (Lipinski definition) is 0. The summed E-state index contributed by atoms with van der Waals surface area (Å²) in [6.45, 7) is 18.6. The summed E-state index contributed by atoms with van der Waals surface area (Å²) in [5.41, 5.74) is 5.73.